The zero-order valence-corrected chi connectivity index (χ0v) is 8.34. The highest BCUT2D eigenvalue weighted by Gasteiger charge is 2.22. The van der Waals surface area contributed by atoms with Gasteiger partial charge in [-0.1, -0.05) is 0 Å². The summed E-state index contributed by atoms with van der Waals surface area (Å²) >= 11 is 0. The molecule has 0 unspecified atom stereocenters. The van der Waals surface area contributed by atoms with Crippen molar-refractivity contribution >= 4 is 10.0 Å². The fourth-order valence-corrected chi connectivity index (χ4v) is 1.70. The average molecular weight is 237 g/mol. The van der Waals surface area contributed by atoms with Crippen molar-refractivity contribution in [1.82, 2.24) is 4.98 Å². The fraction of sp³-hybridized carbons (Fsp3) is 0.286. The number of hydrogen-bond donors (Lipinski definition) is 2. The van der Waals surface area contributed by atoms with Crippen LogP contribution in [0.3, 0.4) is 0 Å². The SMILES string of the molecule is NCc1cnc(S(N)(=O)=O)c(C(F)F)c1. The number of aromatic nitrogens is 1. The highest BCUT2D eigenvalue weighted by atomic mass is 32.2. The summed E-state index contributed by atoms with van der Waals surface area (Å²) in [5.41, 5.74) is 4.81. The number of primary sulfonamides is 1. The molecule has 1 rings (SSSR count). The molecule has 1 heterocycles. The lowest BCUT2D eigenvalue weighted by Crippen LogP contribution is -2.17. The van der Waals surface area contributed by atoms with E-state index in [0.29, 0.717) is 5.56 Å². The Bertz CT molecular complexity index is 461. The monoisotopic (exact) mass is 237 g/mol. The lowest BCUT2D eigenvalue weighted by molar-refractivity contribution is 0.147. The van der Waals surface area contributed by atoms with Crippen molar-refractivity contribution in [1.29, 1.82) is 0 Å². The number of rotatable bonds is 3. The van der Waals surface area contributed by atoms with Gasteiger partial charge < -0.3 is 5.73 Å². The van der Waals surface area contributed by atoms with Crippen molar-refractivity contribution in [2.45, 2.75) is 18.0 Å². The van der Waals surface area contributed by atoms with Crippen molar-refractivity contribution < 1.29 is 17.2 Å². The smallest absolute Gasteiger partial charge is 0.266 e. The number of nitrogens with two attached hydrogens (primary N) is 2. The first-order valence-corrected chi connectivity index (χ1v) is 5.40. The van der Waals surface area contributed by atoms with Crippen LogP contribution in [0, 0.1) is 0 Å². The van der Waals surface area contributed by atoms with Gasteiger partial charge in [0.15, 0.2) is 5.03 Å². The maximum absolute atomic E-state index is 12.5. The zero-order chi connectivity index (χ0) is 11.6. The number of halogens is 2. The minimum Gasteiger partial charge on any atom is -0.326 e. The van der Waals surface area contributed by atoms with Gasteiger partial charge in [0.05, 0.1) is 5.56 Å². The van der Waals surface area contributed by atoms with E-state index >= 15 is 0 Å². The molecule has 84 valence electrons. The van der Waals surface area contributed by atoms with Crippen molar-refractivity contribution in [2.24, 2.45) is 10.9 Å². The van der Waals surface area contributed by atoms with Gasteiger partial charge >= 0.3 is 0 Å². The summed E-state index contributed by atoms with van der Waals surface area (Å²) < 4.78 is 46.8. The molecule has 15 heavy (non-hydrogen) atoms. The van der Waals surface area contributed by atoms with Gasteiger partial charge in [-0.2, -0.15) is 0 Å². The van der Waals surface area contributed by atoms with Crippen LogP contribution in [0.15, 0.2) is 17.3 Å². The zero-order valence-electron chi connectivity index (χ0n) is 7.52. The molecular formula is C7H9F2N3O2S. The highest BCUT2D eigenvalue weighted by Crippen LogP contribution is 2.24. The van der Waals surface area contributed by atoms with E-state index in [1.165, 1.54) is 0 Å². The minimum absolute atomic E-state index is 0.00236. The van der Waals surface area contributed by atoms with E-state index in [2.05, 4.69) is 4.98 Å². The minimum atomic E-state index is -4.24. The Hall–Kier alpha value is -1.12. The largest absolute Gasteiger partial charge is 0.326 e. The normalized spacial score (nSPS) is 12.1. The second kappa shape index (κ2) is 4.17. The molecule has 0 aliphatic carbocycles. The van der Waals surface area contributed by atoms with E-state index < -0.39 is 27.0 Å². The number of sulfonamides is 1. The Labute approximate surface area is 85.2 Å². The van der Waals surface area contributed by atoms with Crippen LogP contribution in [-0.4, -0.2) is 13.4 Å². The summed E-state index contributed by atoms with van der Waals surface area (Å²) in [5.74, 6) is 0. The summed E-state index contributed by atoms with van der Waals surface area (Å²) in [4.78, 5) is 3.37. The molecule has 0 saturated carbocycles. The Morgan fingerprint density at radius 3 is 2.47 bits per heavy atom. The van der Waals surface area contributed by atoms with Gasteiger partial charge in [0.25, 0.3) is 16.4 Å². The van der Waals surface area contributed by atoms with Crippen LogP contribution in [0.5, 0.6) is 0 Å². The molecule has 8 heteroatoms. The fourth-order valence-electron chi connectivity index (χ4n) is 1.02. The summed E-state index contributed by atoms with van der Waals surface area (Å²) in [7, 11) is -4.24. The summed E-state index contributed by atoms with van der Waals surface area (Å²) in [6.07, 6.45) is -1.86. The van der Waals surface area contributed by atoms with Crippen molar-refractivity contribution in [3.8, 4) is 0 Å². The first-order valence-electron chi connectivity index (χ1n) is 3.86. The number of alkyl halides is 2. The quantitative estimate of drug-likeness (QED) is 0.780. The Kier molecular flexibility index (Phi) is 3.32. The highest BCUT2D eigenvalue weighted by molar-refractivity contribution is 7.89. The molecule has 0 amide bonds. The molecule has 0 radical (unpaired) electrons. The maximum Gasteiger partial charge on any atom is 0.266 e. The van der Waals surface area contributed by atoms with Crippen molar-refractivity contribution in [2.75, 3.05) is 0 Å². The van der Waals surface area contributed by atoms with E-state index in [1.807, 2.05) is 0 Å². The van der Waals surface area contributed by atoms with E-state index in [1.54, 1.807) is 0 Å². The Balaban J connectivity index is 3.41. The molecular weight excluding hydrogens is 228 g/mol. The Morgan fingerprint density at radius 1 is 1.47 bits per heavy atom. The lowest BCUT2D eigenvalue weighted by atomic mass is 10.2. The molecule has 0 aromatic carbocycles. The summed E-state index contributed by atoms with van der Waals surface area (Å²) in [6, 6.07) is 0.984. The molecule has 4 N–H and O–H groups in total. The van der Waals surface area contributed by atoms with Gasteiger partial charge in [-0.05, 0) is 11.6 Å². The molecule has 0 aliphatic heterocycles. The van der Waals surface area contributed by atoms with Gasteiger partial charge in [0.1, 0.15) is 0 Å². The van der Waals surface area contributed by atoms with Crippen molar-refractivity contribution in [3.63, 3.8) is 0 Å². The lowest BCUT2D eigenvalue weighted by Gasteiger charge is -2.07. The number of pyridine rings is 1. The number of hydrogen-bond acceptors (Lipinski definition) is 4. The molecule has 0 aliphatic rings. The van der Waals surface area contributed by atoms with Gasteiger partial charge in [-0.3, -0.25) is 0 Å². The molecule has 1 aromatic rings. The topological polar surface area (TPSA) is 99.1 Å². The Morgan fingerprint density at radius 2 is 2.07 bits per heavy atom. The maximum atomic E-state index is 12.5. The second-order valence-corrected chi connectivity index (χ2v) is 4.26. The molecule has 0 saturated heterocycles. The van der Waals surface area contributed by atoms with Crippen LogP contribution in [0.25, 0.3) is 0 Å². The molecule has 0 atom stereocenters. The van der Waals surface area contributed by atoms with Crippen LogP contribution in [-0.2, 0) is 16.6 Å². The predicted octanol–water partition coefficient (Wildman–Crippen LogP) is 0.125. The number of nitrogens with zero attached hydrogens (tertiary/aromatic N) is 1. The van der Waals surface area contributed by atoms with E-state index in [9.17, 15) is 17.2 Å². The van der Waals surface area contributed by atoms with Crippen LogP contribution in [0.4, 0.5) is 8.78 Å². The third kappa shape index (κ3) is 2.67. The van der Waals surface area contributed by atoms with E-state index in [4.69, 9.17) is 10.9 Å². The third-order valence-electron chi connectivity index (χ3n) is 1.68. The van der Waals surface area contributed by atoms with E-state index in [0.717, 1.165) is 12.3 Å². The first kappa shape index (κ1) is 12.0. The van der Waals surface area contributed by atoms with Gasteiger partial charge in [-0.15, -0.1) is 0 Å². The van der Waals surface area contributed by atoms with Gasteiger partial charge in [-0.25, -0.2) is 27.3 Å². The van der Waals surface area contributed by atoms with Gasteiger partial charge in [0.2, 0.25) is 0 Å². The van der Waals surface area contributed by atoms with Gasteiger partial charge in [0, 0.05) is 12.7 Å². The van der Waals surface area contributed by atoms with Crippen LogP contribution in [0.2, 0.25) is 0 Å². The molecule has 5 nitrogen and oxygen atoms in total. The van der Waals surface area contributed by atoms with Crippen LogP contribution >= 0.6 is 0 Å². The van der Waals surface area contributed by atoms with Crippen LogP contribution in [0.1, 0.15) is 17.6 Å². The standard InChI is InChI=1S/C7H9F2N3O2S/c8-6(9)5-1-4(2-10)3-12-7(5)15(11,13)14/h1,3,6H,2,10H2,(H2,11,13,14). The van der Waals surface area contributed by atoms with Crippen molar-refractivity contribution in [3.05, 3.63) is 23.4 Å². The first-order chi connectivity index (χ1) is 6.86. The molecule has 0 bridgehead atoms. The predicted molar refractivity (Wildman–Crippen MR) is 48.5 cm³/mol. The molecule has 0 fully saturated rings. The summed E-state index contributed by atoms with van der Waals surface area (Å²) in [6.45, 7) is -0.00236. The third-order valence-corrected chi connectivity index (χ3v) is 2.56. The molecule has 0 spiro atoms. The summed E-state index contributed by atoms with van der Waals surface area (Å²) in [5, 5.41) is 3.92. The van der Waals surface area contributed by atoms with E-state index in [-0.39, 0.29) is 6.54 Å². The molecule has 1 aromatic heterocycles. The second-order valence-electron chi connectivity index (χ2n) is 2.79. The van der Waals surface area contributed by atoms with Crippen LogP contribution < -0.4 is 10.9 Å². The average Bonchev–Trinajstić information content (AvgIpc) is 2.15.